The second-order valence-corrected chi connectivity index (χ2v) is 9.47. The predicted molar refractivity (Wildman–Crippen MR) is 148 cm³/mol. The summed E-state index contributed by atoms with van der Waals surface area (Å²) in [6.45, 7) is 3.02. The second-order valence-electron chi connectivity index (χ2n) is 9.47. The number of benzene rings is 2. The number of carbonyl (C=O) groups is 1. The van der Waals surface area contributed by atoms with Crippen molar-refractivity contribution in [2.75, 3.05) is 24.2 Å². The van der Waals surface area contributed by atoms with Gasteiger partial charge in [0.1, 0.15) is 24.2 Å². The lowest BCUT2D eigenvalue weighted by Crippen LogP contribution is -2.23. The Bertz CT molecular complexity index is 1700. The third-order valence-corrected chi connectivity index (χ3v) is 6.72. The average Bonchev–Trinajstić information content (AvgIpc) is 3.57. The molecule has 0 unspecified atom stereocenters. The van der Waals surface area contributed by atoms with Crippen molar-refractivity contribution in [3.05, 3.63) is 79.0 Å². The maximum Gasteiger partial charge on any atom is 0.255 e. The van der Waals surface area contributed by atoms with Gasteiger partial charge in [-0.05, 0) is 75.3 Å². The Morgan fingerprint density at radius 3 is 2.82 bits per heavy atom. The minimum absolute atomic E-state index is 0.162. The minimum Gasteiger partial charge on any atom is -0.439 e. The molecule has 1 aliphatic rings. The van der Waals surface area contributed by atoms with Crippen molar-refractivity contribution in [2.45, 2.75) is 25.8 Å². The molecule has 0 radical (unpaired) electrons. The zero-order valence-corrected chi connectivity index (χ0v) is 21.6. The van der Waals surface area contributed by atoms with Gasteiger partial charge in [0.05, 0.1) is 5.52 Å². The Morgan fingerprint density at radius 2 is 1.97 bits per heavy atom. The zero-order chi connectivity index (χ0) is 26.8. The first-order valence-electron chi connectivity index (χ1n) is 12.7. The quantitative estimate of drug-likeness (QED) is 0.298. The van der Waals surface area contributed by atoms with Crippen molar-refractivity contribution in [2.24, 2.45) is 0 Å². The van der Waals surface area contributed by atoms with Crippen LogP contribution in [-0.2, 0) is 4.79 Å². The highest BCUT2D eigenvalue weighted by Gasteiger charge is 2.18. The van der Waals surface area contributed by atoms with E-state index >= 15 is 0 Å². The van der Waals surface area contributed by atoms with Crippen LogP contribution < -0.4 is 15.4 Å². The van der Waals surface area contributed by atoms with E-state index in [-0.39, 0.29) is 5.91 Å². The molecule has 196 valence electrons. The molecule has 6 rings (SSSR count). The van der Waals surface area contributed by atoms with Crippen LogP contribution in [-0.4, -0.2) is 60.0 Å². The molecule has 0 spiro atoms. The lowest BCUT2D eigenvalue weighted by molar-refractivity contribution is -0.111. The Balaban J connectivity index is 1.18. The van der Waals surface area contributed by atoms with Crippen LogP contribution in [0, 0.1) is 6.92 Å². The summed E-state index contributed by atoms with van der Waals surface area (Å²) in [7, 11) is 2.08. The van der Waals surface area contributed by atoms with E-state index in [4.69, 9.17) is 4.74 Å². The monoisotopic (exact) mass is 521 g/mol. The van der Waals surface area contributed by atoms with E-state index in [0.717, 1.165) is 41.5 Å². The lowest BCUT2D eigenvalue weighted by Gasteiger charge is -2.14. The number of rotatable bonds is 7. The van der Waals surface area contributed by atoms with Gasteiger partial charge in [0.2, 0.25) is 11.8 Å². The smallest absolute Gasteiger partial charge is 0.255 e. The van der Waals surface area contributed by atoms with Gasteiger partial charge < -0.3 is 15.4 Å². The molecule has 1 saturated heterocycles. The largest absolute Gasteiger partial charge is 0.439 e. The molecule has 2 aromatic carbocycles. The summed E-state index contributed by atoms with van der Waals surface area (Å²) in [5, 5.41) is 11.2. The van der Waals surface area contributed by atoms with Crippen molar-refractivity contribution < 1.29 is 9.53 Å². The highest BCUT2D eigenvalue weighted by molar-refractivity contribution is 6.02. The van der Waals surface area contributed by atoms with Crippen molar-refractivity contribution in [1.29, 1.82) is 0 Å². The fourth-order valence-corrected chi connectivity index (χ4v) is 4.64. The van der Waals surface area contributed by atoms with Gasteiger partial charge in [0.25, 0.3) is 5.78 Å². The first-order valence-corrected chi connectivity index (χ1v) is 12.7. The van der Waals surface area contributed by atoms with E-state index in [0.29, 0.717) is 35.0 Å². The van der Waals surface area contributed by atoms with Gasteiger partial charge in [0.15, 0.2) is 0 Å². The maximum absolute atomic E-state index is 12.6. The number of amides is 1. The predicted octanol–water partition coefficient (Wildman–Crippen LogP) is 4.50. The van der Waals surface area contributed by atoms with Gasteiger partial charge in [0, 0.05) is 41.1 Å². The number of fused-ring (bicyclic) bond motifs is 2. The highest BCUT2D eigenvalue weighted by atomic mass is 16.5. The van der Waals surface area contributed by atoms with Crippen molar-refractivity contribution in [3.8, 4) is 11.6 Å². The first kappa shape index (κ1) is 24.4. The summed E-state index contributed by atoms with van der Waals surface area (Å²) in [4.78, 5) is 32.1. The molecule has 1 aliphatic heterocycles. The molecular weight excluding hydrogens is 494 g/mol. The summed E-state index contributed by atoms with van der Waals surface area (Å²) in [6, 6.07) is 13.4. The zero-order valence-electron chi connectivity index (χ0n) is 21.6. The van der Waals surface area contributed by atoms with Crippen LogP contribution in [0.1, 0.15) is 18.4 Å². The Kier molecular flexibility index (Phi) is 6.55. The van der Waals surface area contributed by atoms with Gasteiger partial charge in [-0.15, -0.1) is 0 Å². The molecule has 4 heterocycles. The number of carbonyl (C=O) groups excluding carboxylic acids is 1. The summed E-state index contributed by atoms with van der Waals surface area (Å²) < 4.78 is 7.55. The van der Waals surface area contributed by atoms with E-state index in [1.807, 2.05) is 49.4 Å². The molecule has 0 aliphatic carbocycles. The highest BCUT2D eigenvalue weighted by Crippen LogP contribution is 2.30. The summed E-state index contributed by atoms with van der Waals surface area (Å²) in [6.07, 6.45) is 10.5. The van der Waals surface area contributed by atoms with Crippen molar-refractivity contribution in [3.63, 3.8) is 0 Å². The third-order valence-electron chi connectivity index (χ3n) is 6.72. The second kappa shape index (κ2) is 10.5. The Morgan fingerprint density at radius 1 is 1.08 bits per heavy atom. The first-order chi connectivity index (χ1) is 19.0. The molecule has 1 fully saturated rings. The number of likely N-dealkylation sites (N-methyl/N-ethyl adjacent to an activating group) is 1. The van der Waals surface area contributed by atoms with Crippen LogP contribution in [0.4, 0.5) is 17.2 Å². The number of aromatic nitrogens is 6. The van der Waals surface area contributed by atoms with Gasteiger partial charge in [-0.25, -0.2) is 14.5 Å². The fraction of sp³-hybridized carbons (Fsp3) is 0.214. The van der Waals surface area contributed by atoms with Gasteiger partial charge in [-0.3, -0.25) is 9.69 Å². The SMILES string of the molecule is Cc1cc(Nc2ncnc3ccc(NC(=O)/C=C/[C@H]4CCCN4C)cc23)ccc1Oc1ccn2ncnc2n1. The van der Waals surface area contributed by atoms with E-state index in [1.165, 1.54) is 12.7 Å². The molecule has 3 aromatic heterocycles. The fourth-order valence-electron chi connectivity index (χ4n) is 4.64. The number of nitrogens with zero attached hydrogens (tertiary/aromatic N) is 7. The lowest BCUT2D eigenvalue weighted by atomic mass is 10.1. The van der Waals surface area contributed by atoms with E-state index < -0.39 is 0 Å². The van der Waals surface area contributed by atoms with Crippen LogP contribution in [0.3, 0.4) is 0 Å². The normalized spacial score (nSPS) is 15.8. The molecule has 1 atom stereocenters. The molecule has 2 N–H and O–H groups in total. The summed E-state index contributed by atoms with van der Waals surface area (Å²) >= 11 is 0. The van der Waals surface area contributed by atoms with Crippen LogP contribution in [0.15, 0.2) is 73.5 Å². The third kappa shape index (κ3) is 5.39. The number of hydrogen-bond donors (Lipinski definition) is 2. The van der Waals surface area contributed by atoms with E-state index in [9.17, 15) is 4.79 Å². The molecule has 1 amide bonds. The number of hydrogen-bond acceptors (Lipinski definition) is 9. The molecule has 0 bridgehead atoms. The van der Waals surface area contributed by atoms with Gasteiger partial charge in [-0.2, -0.15) is 15.1 Å². The molecular formula is C28H27N9O2. The van der Waals surface area contributed by atoms with Crippen LogP contribution in [0.5, 0.6) is 11.6 Å². The molecule has 11 nitrogen and oxygen atoms in total. The van der Waals surface area contributed by atoms with E-state index in [1.54, 1.807) is 22.9 Å². The van der Waals surface area contributed by atoms with Crippen LogP contribution in [0.25, 0.3) is 16.7 Å². The van der Waals surface area contributed by atoms with Crippen molar-refractivity contribution in [1.82, 2.24) is 34.4 Å². The van der Waals surface area contributed by atoms with Gasteiger partial charge >= 0.3 is 0 Å². The number of ether oxygens (including phenoxy) is 1. The summed E-state index contributed by atoms with van der Waals surface area (Å²) in [5.41, 5.74) is 3.18. The topological polar surface area (TPSA) is 122 Å². The van der Waals surface area contributed by atoms with Gasteiger partial charge in [-0.1, -0.05) is 6.08 Å². The Labute approximate surface area is 224 Å². The van der Waals surface area contributed by atoms with Crippen LogP contribution in [0.2, 0.25) is 0 Å². The number of anilines is 3. The maximum atomic E-state index is 12.6. The van der Waals surface area contributed by atoms with E-state index in [2.05, 4.69) is 47.6 Å². The van der Waals surface area contributed by atoms with Crippen LogP contribution >= 0.6 is 0 Å². The standard InChI is InChI=1S/C28H27N9O2/c1-18-14-19(6-9-24(18)39-26-11-13-37-28(35-26)31-17-32-37)34-27-22-15-20(5-8-23(22)29-16-30-27)33-25(38)10-7-21-4-3-12-36(21)2/h5-11,13-17,21H,3-4,12H2,1-2H3,(H,33,38)(H,29,30,34)/b10-7+/t21-/m1/s1. The average molecular weight is 522 g/mol. The molecule has 0 saturated carbocycles. The number of aryl methyl sites for hydroxylation is 1. The minimum atomic E-state index is -0.162. The molecule has 11 heteroatoms. The number of nitrogens with one attached hydrogen (secondary N) is 2. The summed E-state index contributed by atoms with van der Waals surface area (Å²) in [5.74, 6) is 2.04. The number of likely N-dealkylation sites (tertiary alicyclic amines) is 1. The Hall–Kier alpha value is -4.90. The molecule has 39 heavy (non-hydrogen) atoms. The van der Waals surface area contributed by atoms with Crippen molar-refractivity contribution >= 4 is 39.8 Å². The molecule has 5 aromatic rings.